The molecule has 0 radical (unpaired) electrons. The third kappa shape index (κ3) is 2.77. The van der Waals surface area contributed by atoms with E-state index in [9.17, 15) is 4.39 Å². The van der Waals surface area contributed by atoms with Crippen molar-refractivity contribution in [1.29, 1.82) is 0 Å². The van der Waals surface area contributed by atoms with Gasteiger partial charge >= 0.3 is 0 Å². The Morgan fingerprint density at radius 2 is 1.80 bits per heavy atom. The lowest BCUT2D eigenvalue weighted by molar-refractivity contribution is 0.612. The van der Waals surface area contributed by atoms with Crippen LogP contribution in [0.15, 0.2) is 53.3 Å². The minimum atomic E-state index is -0.221. The average molecular weight is 332 g/mol. The van der Waals surface area contributed by atoms with Crippen LogP contribution in [0.1, 0.15) is 5.56 Å². The van der Waals surface area contributed by atoms with Gasteiger partial charge in [-0.1, -0.05) is 15.9 Å². The average Bonchev–Trinajstić information content (AvgIpc) is 2.48. The van der Waals surface area contributed by atoms with E-state index < -0.39 is 0 Å². The van der Waals surface area contributed by atoms with Gasteiger partial charge in [0.1, 0.15) is 5.82 Å². The Balaban J connectivity index is 1.81. The Morgan fingerprint density at radius 3 is 2.65 bits per heavy atom. The molecule has 0 unspecified atom stereocenters. The van der Waals surface area contributed by atoms with Gasteiger partial charge in [0.2, 0.25) is 0 Å². The number of hydrogen-bond acceptors (Lipinski definition) is 3. The van der Waals surface area contributed by atoms with Gasteiger partial charge < -0.3 is 5.32 Å². The number of nitrogens with zero attached hydrogens (tertiary/aromatic N) is 2. The van der Waals surface area contributed by atoms with Crippen molar-refractivity contribution in [3.05, 3.63) is 64.6 Å². The highest BCUT2D eigenvalue weighted by Gasteiger charge is 2.03. The molecule has 2 aromatic carbocycles. The molecule has 1 heterocycles. The number of nitrogens with one attached hydrogen (secondary N) is 1. The molecule has 5 heteroatoms. The Kier molecular flexibility index (Phi) is 3.60. The molecular weight excluding hydrogens is 321 g/mol. The Hall–Kier alpha value is -2.01. The predicted octanol–water partition coefficient (Wildman–Crippen LogP) is 4.14. The number of rotatable bonds is 3. The van der Waals surface area contributed by atoms with Crippen molar-refractivity contribution in [2.24, 2.45) is 0 Å². The van der Waals surface area contributed by atoms with Crippen molar-refractivity contribution < 1.29 is 4.39 Å². The first-order valence-electron chi connectivity index (χ1n) is 6.11. The van der Waals surface area contributed by atoms with Crippen molar-refractivity contribution >= 4 is 32.7 Å². The van der Waals surface area contributed by atoms with Crippen LogP contribution < -0.4 is 5.32 Å². The molecule has 0 amide bonds. The van der Waals surface area contributed by atoms with E-state index in [1.807, 2.05) is 18.2 Å². The lowest BCUT2D eigenvalue weighted by Gasteiger charge is -2.08. The fourth-order valence-corrected chi connectivity index (χ4v) is 2.36. The standard InChI is InChI=1S/C15H11BrFN3/c16-11-1-3-13(17)10(7-11)9-20-12-2-4-14-15(8-12)19-6-5-18-14/h1-8,20H,9H2. The molecule has 1 aromatic heterocycles. The van der Waals surface area contributed by atoms with Crippen LogP contribution >= 0.6 is 15.9 Å². The molecule has 20 heavy (non-hydrogen) atoms. The zero-order chi connectivity index (χ0) is 13.9. The number of hydrogen-bond donors (Lipinski definition) is 1. The summed E-state index contributed by atoms with van der Waals surface area (Å²) in [7, 11) is 0. The molecular formula is C15H11BrFN3. The van der Waals surface area contributed by atoms with Crippen LogP contribution in [0, 0.1) is 5.82 Å². The summed E-state index contributed by atoms with van der Waals surface area (Å²) in [4.78, 5) is 8.45. The summed E-state index contributed by atoms with van der Waals surface area (Å²) in [6, 6.07) is 10.6. The van der Waals surface area contributed by atoms with Crippen LogP contribution in [0.2, 0.25) is 0 Å². The maximum absolute atomic E-state index is 13.6. The van der Waals surface area contributed by atoms with E-state index in [1.54, 1.807) is 24.5 Å². The first-order valence-corrected chi connectivity index (χ1v) is 6.90. The van der Waals surface area contributed by atoms with Gasteiger partial charge in [0.05, 0.1) is 11.0 Å². The van der Waals surface area contributed by atoms with Crippen molar-refractivity contribution in [3.8, 4) is 0 Å². The van der Waals surface area contributed by atoms with Crippen LogP contribution in [-0.2, 0) is 6.54 Å². The molecule has 100 valence electrons. The Morgan fingerprint density at radius 1 is 1.00 bits per heavy atom. The molecule has 0 saturated carbocycles. The maximum Gasteiger partial charge on any atom is 0.128 e. The van der Waals surface area contributed by atoms with E-state index in [0.29, 0.717) is 12.1 Å². The van der Waals surface area contributed by atoms with E-state index in [0.717, 1.165) is 21.2 Å². The molecule has 0 saturated heterocycles. The van der Waals surface area contributed by atoms with Gasteiger partial charge in [0, 0.05) is 34.7 Å². The molecule has 3 nitrogen and oxygen atoms in total. The lowest BCUT2D eigenvalue weighted by Crippen LogP contribution is -2.02. The van der Waals surface area contributed by atoms with Crippen LogP contribution in [0.5, 0.6) is 0 Å². The van der Waals surface area contributed by atoms with Gasteiger partial charge in [-0.15, -0.1) is 0 Å². The molecule has 0 aliphatic rings. The van der Waals surface area contributed by atoms with Crippen LogP contribution in [0.4, 0.5) is 10.1 Å². The third-order valence-corrected chi connectivity index (χ3v) is 3.45. The zero-order valence-electron chi connectivity index (χ0n) is 10.5. The quantitative estimate of drug-likeness (QED) is 0.783. The molecule has 3 rings (SSSR count). The molecule has 0 spiro atoms. The highest BCUT2D eigenvalue weighted by atomic mass is 79.9. The summed E-state index contributed by atoms with van der Waals surface area (Å²) >= 11 is 3.34. The number of aromatic nitrogens is 2. The topological polar surface area (TPSA) is 37.8 Å². The summed E-state index contributed by atoms with van der Waals surface area (Å²) in [6.45, 7) is 0.414. The smallest absolute Gasteiger partial charge is 0.128 e. The SMILES string of the molecule is Fc1ccc(Br)cc1CNc1ccc2nccnc2c1. The number of halogens is 2. The molecule has 0 aliphatic heterocycles. The molecule has 0 bridgehead atoms. The lowest BCUT2D eigenvalue weighted by atomic mass is 10.2. The van der Waals surface area contributed by atoms with Gasteiger partial charge in [-0.25, -0.2) is 4.39 Å². The van der Waals surface area contributed by atoms with E-state index in [2.05, 4.69) is 31.2 Å². The fourth-order valence-electron chi connectivity index (χ4n) is 1.95. The van der Waals surface area contributed by atoms with E-state index in [1.165, 1.54) is 6.07 Å². The molecule has 0 atom stereocenters. The van der Waals surface area contributed by atoms with Gasteiger partial charge in [-0.2, -0.15) is 0 Å². The third-order valence-electron chi connectivity index (χ3n) is 2.96. The largest absolute Gasteiger partial charge is 0.381 e. The summed E-state index contributed by atoms with van der Waals surface area (Å²) in [6.07, 6.45) is 3.31. The second kappa shape index (κ2) is 5.54. The zero-order valence-corrected chi connectivity index (χ0v) is 12.1. The summed E-state index contributed by atoms with van der Waals surface area (Å²) < 4.78 is 14.5. The summed E-state index contributed by atoms with van der Waals surface area (Å²) in [5, 5.41) is 3.19. The number of benzene rings is 2. The minimum absolute atomic E-state index is 0.221. The van der Waals surface area contributed by atoms with Crippen molar-refractivity contribution in [3.63, 3.8) is 0 Å². The monoisotopic (exact) mass is 331 g/mol. The highest BCUT2D eigenvalue weighted by molar-refractivity contribution is 9.10. The first-order chi connectivity index (χ1) is 9.72. The number of fused-ring (bicyclic) bond motifs is 1. The summed E-state index contributed by atoms with van der Waals surface area (Å²) in [5.41, 5.74) is 3.15. The van der Waals surface area contributed by atoms with Crippen LogP contribution in [-0.4, -0.2) is 9.97 Å². The fraction of sp³-hybridized carbons (Fsp3) is 0.0667. The van der Waals surface area contributed by atoms with Gasteiger partial charge in [0.15, 0.2) is 0 Å². The Bertz CT molecular complexity index is 761. The van der Waals surface area contributed by atoms with Crippen LogP contribution in [0.3, 0.4) is 0 Å². The van der Waals surface area contributed by atoms with E-state index >= 15 is 0 Å². The summed E-state index contributed by atoms with van der Waals surface area (Å²) in [5.74, 6) is -0.221. The normalized spacial score (nSPS) is 10.7. The first kappa shape index (κ1) is 13.0. The highest BCUT2D eigenvalue weighted by Crippen LogP contribution is 2.19. The van der Waals surface area contributed by atoms with Gasteiger partial charge in [0.25, 0.3) is 0 Å². The van der Waals surface area contributed by atoms with Gasteiger partial charge in [-0.3, -0.25) is 9.97 Å². The van der Waals surface area contributed by atoms with E-state index in [4.69, 9.17) is 0 Å². The minimum Gasteiger partial charge on any atom is -0.381 e. The molecule has 3 aromatic rings. The second-order valence-corrected chi connectivity index (χ2v) is 5.26. The van der Waals surface area contributed by atoms with Crippen molar-refractivity contribution in [2.75, 3.05) is 5.32 Å². The molecule has 0 aliphatic carbocycles. The van der Waals surface area contributed by atoms with Crippen LogP contribution in [0.25, 0.3) is 11.0 Å². The Labute approximate surface area is 124 Å². The maximum atomic E-state index is 13.6. The van der Waals surface area contributed by atoms with Crippen molar-refractivity contribution in [2.45, 2.75) is 6.54 Å². The predicted molar refractivity (Wildman–Crippen MR) is 81.0 cm³/mol. The molecule has 0 fully saturated rings. The number of anilines is 1. The second-order valence-electron chi connectivity index (χ2n) is 4.35. The van der Waals surface area contributed by atoms with Crippen molar-refractivity contribution in [1.82, 2.24) is 9.97 Å². The molecule has 1 N–H and O–H groups in total. The van der Waals surface area contributed by atoms with E-state index in [-0.39, 0.29) is 5.82 Å². The van der Waals surface area contributed by atoms with Gasteiger partial charge in [-0.05, 0) is 36.4 Å².